The van der Waals surface area contributed by atoms with Gasteiger partial charge in [0.05, 0.1) is 24.7 Å². The van der Waals surface area contributed by atoms with Crippen LogP contribution in [-0.2, 0) is 19.0 Å². The van der Waals surface area contributed by atoms with Gasteiger partial charge in [-0.2, -0.15) is 0 Å². The summed E-state index contributed by atoms with van der Waals surface area (Å²) in [6.45, 7) is 4.87. The number of carbonyl (C=O) groups excluding carboxylic acids is 1. The first-order valence-corrected chi connectivity index (χ1v) is 10.3. The molecule has 0 aromatic rings. The van der Waals surface area contributed by atoms with Crippen molar-refractivity contribution < 1.29 is 44.5 Å². The maximum Gasteiger partial charge on any atom is 0.309 e. The number of carbonyl (C=O) groups is 1. The smallest absolute Gasteiger partial charge is 0.309 e. The molecule has 3 rings (SSSR count). The molecule has 9 heteroatoms. The topological polar surface area (TPSA) is 146 Å². The second kappa shape index (κ2) is 9.44. The van der Waals surface area contributed by atoms with Gasteiger partial charge >= 0.3 is 5.97 Å². The highest BCUT2D eigenvalue weighted by molar-refractivity contribution is 5.75. The van der Waals surface area contributed by atoms with E-state index in [9.17, 15) is 30.3 Å². The predicted molar refractivity (Wildman–Crippen MR) is 104 cm³/mol. The molecule has 2 fully saturated rings. The van der Waals surface area contributed by atoms with Crippen molar-refractivity contribution in [3.63, 3.8) is 0 Å². The van der Waals surface area contributed by atoms with Crippen LogP contribution in [0.25, 0.3) is 0 Å². The quantitative estimate of drug-likeness (QED) is 0.294. The van der Waals surface area contributed by atoms with E-state index in [-0.39, 0.29) is 11.9 Å². The van der Waals surface area contributed by atoms with E-state index < -0.39 is 61.5 Å². The van der Waals surface area contributed by atoms with E-state index in [1.54, 1.807) is 19.9 Å². The normalized spacial score (nSPS) is 48.7. The summed E-state index contributed by atoms with van der Waals surface area (Å²) in [5.74, 6) is -1.15. The monoisotopic (exact) mass is 428 g/mol. The number of hydrogen-bond donors (Lipinski definition) is 5. The molecule has 0 radical (unpaired) electrons. The van der Waals surface area contributed by atoms with Crippen LogP contribution in [0.4, 0.5) is 0 Å². The predicted octanol–water partition coefficient (Wildman–Crippen LogP) is -0.604. The van der Waals surface area contributed by atoms with Gasteiger partial charge in [0.25, 0.3) is 0 Å². The zero-order chi connectivity index (χ0) is 22.2. The number of aliphatic hydroxyl groups excluding tert-OH is 5. The Bertz CT molecular complexity index is 688. The fourth-order valence-corrected chi connectivity index (χ4v) is 4.39. The molecule has 2 heterocycles. The third-order valence-corrected chi connectivity index (χ3v) is 6.33. The van der Waals surface area contributed by atoms with Gasteiger partial charge in [-0.25, -0.2) is 0 Å². The number of hydrogen-bond acceptors (Lipinski definition) is 9. The van der Waals surface area contributed by atoms with Gasteiger partial charge in [-0.05, 0) is 25.8 Å². The number of esters is 1. The van der Waals surface area contributed by atoms with Crippen LogP contribution in [-0.4, -0.2) is 87.1 Å². The number of ether oxygens (including phenoxy) is 3. The highest BCUT2D eigenvalue weighted by Crippen LogP contribution is 2.36. The summed E-state index contributed by atoms with van der Waals surface area (Å²) in [5.41, 5.74) is 1.63. The second-order valence-electron chi connectivity index (χ2n) is 8.55. The van der Waals surface area contributed by atoms with Gasteiger partial charge in [0.2, 0.25) is 0 Å². The Morgan fingerprint density at radius 1 is 1.13 bits per heavy atom. The van der Waals surface area contributed by atoms with Gasteiger partial charge in [-0.15, -0.1) is 0 Å². The van der Waals surface area contributed by atoms with Gasteiger partial charge < -0.3 is 39.7 Å². The van der Waals surface area contributed by atoms with Crippen molar-refractivity contribution in [1.29, 1.82) is 0 Å². The average Bonchev–Trinajstić information content (AvgIpc) is 2.97. The number of fused-ring (bicyclic) bond motifs is 1. The summed E-state index contributed by atoms with van der Waals surface area (Å²) in [7, 11) is 0. The molecule has 0 aromatic carbocycles. The minimum absolute atomic E-state index is 0.323. The Morgan fingerprint density at radius 2 is 1.83 bits per heavy atom. The zero-order valence-electron chi connectivity index (χ0n) is 17.4. The first-order chi connectivity index (χ1) is 14.1. The summed E-state index contributed by atoms with van der Waals surface area (Å²) < 4.78 is 16.8. The molecule has 0 aromatic heterocycles. The molecule has 30 heavy (non-hydrogen) atoms. The van der Waals surface area contributed by atoms with E-state index >= 15 is 0 Å². The fraction of sp³-hybridized carbons (Fsp3) is 0.762. The maximum atomic E-state index is 12.0. The van der Waals surface area contributed by atoms with E-state index in [0.717, 1.165) is 5.57 Å². The standard InChI is InChI=1S/C21H32O9/c1-9-4-5-13(29-21-19(26)18(25)17(24)15(8-22)30-21)10(2)7-12(23)16-11(3)20(27)28-14(16)6-9/h4,7,11-19,21-26H,5-6,8H2,1-3H3/b9-4+,10-7+/t11-,12+,13-,14-,15+,16+,17+,18-,19+,21+/m0/s1. The van der Waals surface area contributed by atoms with Gasteiger partial charge in [-0.3, -0.25) is 4.79 Å². The summed E-state index contributed by atoms with van der Waals surface area (Å²) >= 11 is 0. The SMILES string of the molecule is C/C1=C\C[C@H](O[C@@H]2O[C@H](CO)[C@@H](O)[C@H](O)[C@H]2O)/C(C)=C/[C@@H](O)[C@@H]2[C@H](C1)OC(=O)[C@H]2C. The van der Waals surface area contributed by atoms with Crippen molar-refractivity contribution in [2.75, 3.05) is 6.61 Å². The van der Waals surface area contributed by atoms with E-state index in [2.05, 4.69) is 0 Å². The zero-order valence-corrected chi connectivity index (χ0v) is 17.4. The van der Waals surface area contributed by atoms with Crippen molar-refractivity contribution >= 4 is 5.97 Å². The molecule has 2 saturated heterocycles. The van der Waals surface area contributed by atoms with Crippen molar-refractivity contribution in [3.05, 3.63) is 23.3 Å². The van der Waals surface area contributed by atoms with Gasteiger partial charge in [0, 0.05) is 12.3 Å². The van der Waals surface area contributed by atoms with E-state index in [1.165, 1.54) is 0 Å². The molecule has 0 saturated carbocycles. The molecule has 2 aliphatic heterocycles. The van der Waals surface area contributed by atoms with Crippen molar-refractivity contribution in [2.24, 2.45) is 11.8 Å². The first kappa shape index (κ1) is 23.3. The van der Waals surface area contributed by atoms with Crippen LogP contribution in [0.2, 0.25) is 0 Å². The summed E-state index contributed by atoms with van der Waals surface area (Å²) in [4.78, 5) is 12.0. The summed E-state index contributed by atoms with van der Waals surface area (Å²) in [6.07, 6.45) is -4.30. The van der Waals surface area contributed by atoms with Crippen LogP contribution < -0.4 is 0 Å². The number of aliphatic hydroxyl groups is 5. The molecule has 0 spiro atoms. The van der Waals surface area contributed by atoms with Crippen LogP contribution in [0.5, 0.6) is 0 Å². The Hall–Kier alpha value is -1.33. The molecule has 170 valence electrons. The minimum Gasteiger partial charge on any atom is -0.461 e. The largest absolute Gasteiger partial charge is 0.461 e. The molecular weight excluding hydrogens is 396 g/mol. The number of rotatable bonds is 3. The highest BCUT2D eigenvalue weighted by Gasteiger charge is 2.47. The molecule has 0 amide bonds. The van der Waals surface area contributed by atoms with Crippen LogP contribution in [0.1, 0.15) is 33.6 Å². The van der Waals surface area contributed by atoms with Crippen molar-refractivity contribution in [1.82, 2.24) is 0 Å². The summed E-state index contributed by atoms with van der Waals surface area (Å²) in [5, 5.41) is 50.4. The first-order valence-electron chi connectivity index (χ1n) is 10.3. The molecule has 9 nitrogen and oxygen atoms in total. The van der Waals surface area contributed by atoms with Crippen LogP contribution in [0, 0.1) is 11.8 Å². The molecule has 10 atom stereocenters. The van der Waals surface area contributed by atoms with Gasteiger partial charge in [0.15, 0.2) is 6.29 Å². The molecular formula is C21H32O9. The van der Waals surface area contributed by atoms with E-state index in [1.807, 2.05) is 13.0 Å². The van der Waals surface area contributed by atoms with Crippen molar-refractivity contribution in [3.8, 4) is 0 Å². The lowest BCUT2D eigenvalue weighted by molar-refractivity contribution is -0.308. The minimum atomic E-state index is -1.53. The molecule has 0 bridgehead atoms. The van der Waals surface area contributed by atoms with Gasteiger partial charge in [0.1, 0.15) is 30.5 Å². The fourth-order valence-electron chi connectivity index (χ4n) is 4.39. The molecule has 1 aliphatic carbocycles. The van der Waals surface area contributed by atoms with Crippen molar-refractivity contribution in [2.45, 2.75) is 82.6 Å². The van der Waals surface area contributed by atoms with Crippen LogP contribution in [0.3, 0.4) is 0 Å². The third-order valence-electron chi connectivity index (χ3n) is 6.33. The molecule has 5 N–H and O–H groups in total. The van der Waals surface area contributed by atoms with Crippen LogP contribution >= 0.6 is 0 Å². The van der Waals surface area contributed by atoms with Gasteiger partial charge in [-0.1, -0.05) is 24.6 Å². The summed E-state index contributed by atoms with van der Waals surface area (Å²) in [6, 6.07) is 0. The lowest BCUT2D eigenvalue weighted by Gasteiger charge is -2.41. The Labute approximate surface area is 175 Å². The maximum absolute atomic E-state index is 12.0. The Kier molecular flexibility index (Phi) is 7.34. The van der Waals surface area contributed by atoms with Crippen LogP contribution in [0.15, 0.2) is 23.3 Å². The average molecular weight is 428 g/mol. The second-order valence-corrected chi connectivity index (χ2v) is 8.55. The lowest BCUT2D eigenvalue weighted by Crippen LogP contribution is -2.59. The lowest BCUT2D eigenvalue weighted by atomic mass is 9.82. The molecule has 3 aliphatic rings. The highest BCUT2D eigenvalue weighted by atomic mass is 16.7. The molecule has 0 unspecified atom stereocenters. The van der Waals surface area contributed by atoms with E-state index in [4.69, 9.17) is 14.2 Å². The van der Waals surface area contributed by atoms with E-state index in [0.29, 0.717) is 18.4 Å². The Balaban J connectivity index is 1.83. The Morgan fingerprint density at radius 3 is 2.50 bits per heavy atom. The third kappa shape index (κ3) is 4.62.